The van der Waals surface area contributed by atoms with E-state index in [1.54, 1.807) is 6.20 Å². The lowest BCUT2D eigenvalue weighted by Gasteiger charge is -2.18. The van der Waals surface area contributed by atoms with E-state index in [-0.39, 0.29) is 0 Å². The molecule has 116 valence electrons. The van der Waals surface area contributed by atoms with Crippen LogP contribution < -0.4 is 10.2 Å². The smallest absolute Gasteiger partial charge is 0.247 e. The Morgan fingerprint density at radius 1 is 1.18 bits per heavy atom. The lowest BCUT2D eigenvalue weighted by atomic mass is 9.98. The summed E-state index contributed by atoms with van der Waals surface area (Å²) in [4.78, 5) is 6.83. The van der Waals surface area contributed by atoms with Crippen molar-refractivity contribution in [2.45, 2.75) is 39.5 Å². The SMILES string of the molecule is Cc1cccc(C(C)C)c1Nc1cnnc(N2CCCC2)n1. The Labute approximate surface area is 131 Å². The third kappa shape index (κ3) is 3.03. The highest BCUT2D eigenvalue weighted by Crippen LogP contribution is 2.29. The van der Waals surface area contributed by atoms with E-state index >= 15 is 0 Å². The highest BCUT2D eigenvalue weighted by Gasteiger charge is 2.16. The Morgan fingerprint density at radius 2 is 1.95 bits per heavy atom. The number of para-hydroxylation sites is 1. The molecule has 1 aliphatic rings. The average molecular weight is 297 g/mol. The monoisotopic (exact) mass is 297 g/mol. The Balaban J connectivity index is 1.89. The van der Waals surface area contributed by atoms with Crippen LogP contribution in [-0.4, -0.2) is 28.3 Å². The van der Waals surface area contributed by atoms with E-state index in [9.17, 15) is 0 Å². The van der Waals surface area contributed by atoms with Crippen LogP contribution in [0.25, 0.3) is 0 Å². The molecule has 1 saturated heterocycles. The minimum atomic E-state index is 0.454. The maximum atomic E-state index is 4.63. The number of nitrogens with zero attached hydrogens (tertiary/aromatic N) is 4. The lowest BCUT2D eigenvalue weighted by Crippen LogP contribution is -2.21. The van der Waals surface area contributed by atoms with E-state index in [1.165, 1.54) is 24.0 Å². The normalized spacial score (nSPS) is 14.6. The van der Waals surface area contributed by atoms with Crippen LogP contribution in [0, 0.1) is 6.92 Å². The molecule has 0 radical (unpaired) electrons. The number of hydrogen-bond acceptors (Lipinski definition) is 5. The Hall–Kier alpha value is -2.17. The summed E-state index contributed by atoms with van der Waals surface area (Å²) >= 11 is 0. The number of benzene rings is 1. The standard InChI is InChI=1S/C17H23N5/c1-12(2)14-8-6-7-13(3)16(14)19-15-11-18-21-17(20-15)22-9-4-5-10-22/h6-8,11-12H,4-5,9-10H2,1-3H3,(H,19,20,21). The second kappa shape index (κ2) is 6.30. The molecule has 0 amide bonds. The highest BCUT2D eigenvalue weighted by molar-refractivity contribution is 5.65. The fourth-order valence-corrected chi connectivity index (χ4v) is 2.88. The van der Waals surface area contributed by atoms with Gasteiger partial charge >= 0.3 is 0 Å². The number of aromatic nitrogens is 3. The molecule has 0 aliphatic carbocycles. The third-order valence-electron chi connectivity index (χ3n) is 4.12. The van der Waals surface area contributed by atoms with Crippen LogP contribution >= 0.6 is 0 Å². The van der Waals surface area contributed by atoms with Gasteiger partial charge in [0.05, 0.1) is 6.20 Å². The molecular formula is C17H23N5. The maximum absolute atomic E-state index is 4.63. The fraction of sp³-hybridized carbons (Fsp3) is 0.471. The number of rotatable bonds is 4. The van der Waals surface area contributed by atoms with Gasteiger partial charge in [0.15, 0.2) is 5.82 Å². The summed E-state index contributed by atoms with van der Waals surface area (Å²) in [5.41, 5.74) is 3.64. The first-order valence-electron chi connectivity index (χ1n) is 7.96. The van der Waals surface area contributed by atoms with Crippen LogP contribution in [0.4, 0.5) is 17.5 Å². The third-order valence-corrected chi connectivity index (χ3v) is 4.12. The van der Waals surface area contributed by atoms with Crippen molar-refractivity contribution in [1.82, 2.24) is 15.2 Å². The van der Waals surface area contributed by atoms with Crippen LogP contribution in [0.1, 0.15) is 43.7 Å². The highest BCUT2D eigenvalue weighted by atomic mass is 15.3. The van der Waals surface area contributed by atoms with Crippen LogP contribution in [0.3, 0.4) is 0 Å². The van der Waals surface area contributed by atoms with Crippen LogP contribution in [-0.2, 0) is 0 Å². The largest absolute Gasteiger partial charge is 0.339 e. The molecule has 22 heavy (non-hydrogen) atoms. The summed E-state index contributed by atoms with van der Waals surface area (Å²) in [6.45, 7) is 8.56. The molecule has 2 heterocycles. The van der Waals surface area contributed by atoms with Crippen molar-refractivity contribution < 1.29 is 0 Å². The van der Waals surface area contributed by atoms with E-state index in [2.05, 4.69) is 64.4 Å². The molecule has 5 heteroatoms. The van der Waals surface area contributed by atoms with Gasteiger partial charge in [-0.1, -0.05) is 32.0 Å². The van der Waals surface area contributed by atoms with E-state index in [0.29, 0.717) is 5.92 Å². The molecule has 1 aromatic heterocycles. The summed E-state index contributed by atoms with van der Waals surface area (Å²) in [6, 6.07) is 6.38. The van der Waals surface area contributed by atoms with E-state index in [4.69, 9.17) is 0 Å². The van der Waals surface area contributed by atoms with Crippen molar-refractivity contribution in [2.75, 3.05) is 23.3 Å². The maximum Gasteiger partial charge on any atom is 0.247 e. The minimum Gasteiger partial charge on any atom is -0.339 e. The molecule has 3 rings (SSSR count). The summed E-state index contributed by atoms with van der Waals surface area (Å²) in [6.07, 6.45) is 4.10. The number of hydrogen-bond donors (Lipinski definition) is 1. The van der Waals surface area contributed by atoms with Gasteiger partial charge in [0.1, 0.15) is 0 Å². The van der Waals surface area contributed by atoms with Gasteiger partial charge in [-0.2, -0.15) is 10.1 Å². The zero-order chi connectivity index (χ0) is 15.5. The number of nitrogens with one attached hydrogen (secondary N) is 1. The molecule has 0 spiro atoms. The van der Waals surface area contributed by atoms with Crippen molar-refractivity contribution in [1.29, 1.82) is 0 Å². The van der Waals surface area contributed by atoms with Gasteiger partial charge in [-0.15, -0.1) is 5.10 Å². The molecule has 2 aromatic rings. The second-order valence-electron chi connectivity index (χ2n) is 6.15. The average Bonchev–Trinajstić information content (AvgIpc) is 3.04. The zero-order valence-electron chi connectivity index (χ0n) is 13.5. The molecule has 1 aromatic carbocycles. The first-order valence-corrected chi connectivity index (χ1v) is 7.96. The minimum absolute atomic E-state index is 0.454. The second-order valence-corrected chi connectivity index (χ2v) is 6.15. The predicted octanol–water partition coefficient (Wildman–Crippen LogP) is 3.65. The molecule has 1 aliphatic heterocycles. The first kappa shape index (κ1) is 14.8. The van der Waals surface area contributed by atoms with Crippen LogP contribution in [0.15, 0.2) is 24.4 Å². The van der Waals surface area contributed by atoms with E-state index < -0.39 is 0 Å². The molecular weight excluding hydrogens is 274 g/mol. The van der Waals surface area contributed by atoms with Crippen LogP contribution in [0.5, 0.6) is 0 Å². The number of anilines is 3. The Bertz CT molecular complexity index is 647. The molecule has 0 saturated carbocycles. The number of aryl methyl sites for hydroxylation is 1. The van der Waals surface area contributed by atoms with E-state index in [1.807, 2.05) is 0 Å². The van der Waals surface area contributed by atoms with Gasteiger partial charge < -0.3 is 10.2 Å². The van der Waals surface area contributed by atoms with E-state index in [0.717, 1.165) is 30.5 Å². The fourth-order valence-electron chi connectivity index (χ4n) is 2.88. The van der Waals surface area contributed by atoms with Crippen molar-refractivity contribution in [3.05, 3.63) is 35.5 Å². The van der Waals surface area contributed by atoms with Gasteiger partial charge in [-0.05, 0) is 36.8 Å². The quantitative estimate of drug-likeness (QED) is 0.933. The van der Waals surface area contributed by atoms with Gasteiger partial charge in [-0.3, -0.25) is 0 Å². The summed E-state index contributed by atoms with van der Waals surface area (Å²) < 4.78 is 0. The molecule has 0 atom stereocenters. The molecule has 5 nitrogen and oxygen atoms in total. The van der Waals surface area contributed by atoms with Gasteiger partial charge in [0, 0.05) is 18.8 Å². The van der Waals surface area contributed by atoms with Gasteiger partial charge in [0.25, 0.3) is 0 Å². The van der Waals surface area contributed by atoms with Gasteiger partial charge in [0.2, 0.25) is 5.95 Å². The van der Waals surface area contributed by atoms with Crippen molar-refractivity contribution in [3.63, 3.8) is 0 Å². The molecule has 0 bridgehead atoms. The predicted molar refractivity (Wildman–Crippen MR) is 89.8 cm³/mol. The first-order chi connectivity index (χ1) is 10.6. The zero-order valence-corrected chi connectivity index (χ0v) is 13.5. The molecule has 0 unspecified atom stereocenters. The van der Waals surface area contributed by atoms with Gasteiger partial charge in [-0.25, -0.2) is 0 Å². The topological polar surface area (TPSA) is 53.9 Å². The van der Waals surface area contributed by atoms with Crippen molar-refractivity contribution in [2.24, 2.45) is 0 Å². The van der Waals surface area contributed by atoms with Crippen molar-refractivity contribution >= 4 is 17.5 Å². The summed E-state index contributed by atoms with van der Waals surface area (Å²) in [7, 11) is 0. The summed E-state index contributed by atoms with van der Waals surface area (Å²) in [5, 5.41) is 11.7. The lowest BCUT2D eigenvalue weighted by molar-refractivity contribution is 0.849. The molecule has 1 N–H and O–H groups in total. The summed E-state index contributed by atoms with van der Waals surface area (Å²) in [5.74, 6) is 1.94. The molecule has 1 fully saturated rings. The van der Waals surface area contributed by atoms with Crippen LogP contribution in [0.2, 0.25) is 0 Å². The Kier molecular flexibility index (Phi) is 4.22. The van der Waals surface area contributed by atoms with Crippen molar-refractivity contribution in [3.8, 4) is 0 Å². The Morgan fingerprint density at radius 3 is 2.68 bits per heavy atom.